The van der Waals surface area contributed by atoms with Gasteiger partial charge >= 0.3 is 0 Å². The maximum absolute atomic E-state index is 12.9. The van der Waals surface area contributed by atoms with Crippen molar-refractivity contribution >= 4 is 29.3 Å². The van der Waals surface area contributed by atoms with E-state index in [-0.39, 0.29) is 11.5 Å². The number of fused-ring (bicyclic) bond motifs is 1. The molecule has 0 radical (unpaired) electrons. The molecule has 2 amide bonds. The van der Waals surface area contributed by atoms with E-state index in [0.29, 0.717) is 22.7 Å². The van der Waals surface area contributed by atoms with Crippen LogP contribution in [0.4, 0.5) is 5.69 Å². The van der Waals surface area contributed by atoms with Crippen LogP contribution in [0.3, 0.4) is 0 Å². The quantitative estimate of drug-likeness (QED) is 0.678. The highest BCUT2D eigenvalue weighted by Gasteiger charge is 2.23. The Labute approximate surface area is 181 Å². The van der Waals surface area contributed by atoms with E-state index in [0.717, 1.165) is 36.9 Å². The van der Waals surface area contributed by atoms with Gasteiger partial charge in [-0.2, -0.15) is 5.26 Å². The van der Waals surface area contributed by atoms with Gasteiger partial charge in [-0.15, -0.1) is 0 Å². The van der Waals surface area contributed by atoms with Crippen molar-refractivity contribution < 1.29 is 9.59 Å². The summed E-state index contributed by atoms with van der Waals surface area (Å²) in [5.74, 6) is -0.838. The number of hydrogen-bond acceptors (Lipinski definition) is 5. The molecule has 1 aliphatic carbocycles. The minimum absolute atomic E-state index is 0.242. The van der Waals surface area contributed by atoms with Crippen LogP contribution in [0.2, 0.25) is 0 Å². The molecular weight excluding hydrogens is 396 g/mol. The number of anilines is 1. The van der Waals surface area contributed by atoms with Gasteiger partial charge < -0.3 is 11.1 Å². The molecule has 0 spiro atoms. The zero-order chi connectivity index (χ0) is 21.5. The number of rotatable bonds is 6. The first-order chi connectivity index (χ1) is 14.5. The van der Waals surface area contributed by atoms with Gasteiger partial charge in [0.15, 0.2) is 0 Å². The average Bonchev–Trinajstić information content (AvgIpc) is 2.72. The summed E-state index contributed by atoms with van der Waals surface area (Å²) in [6.45, 7) is 1.91. The Balaban J connectivity index is 1.83. The number of hydrogen-bond donors (Lipinski definition) is 2. The third kappa shape index (κ3) is 5.19. The predicted octanol–water partition coefficient (Wildman–Crippen LogP) is 4.22. The first-order valence-corrected chi connectivity index (χ1v) is 11.2. The number of carbonyl (C=O) groups is 2. The van der Waals surface area contributed by atoms with Gasteiger partial charge in [0.1, 0.15) is 11.1 Å². The number of nitriles is 1. The number of benzene rings is 1. The molecule has 1 aromatic carbocycles. The van der Waals surface area contributed by atoms with Crippen LogP contribution in [0, 0.1) is 11.3 Å². The van der Waals surface area contributed by atoms with Crippen LogP contribution in [0.25, 0.3) is 0 Å². The minimum atomic E-state index is -0.596. The van der Waals surface area contributed by atoms with Crippen LogP contribution in [0.15, 0.2) is 35.4 Å². The summed E-state index contributed by atoms with van der Waals surface area (Å²) >= 11 is 1.30. The molecule has 1 heterocycles. The van der Waals surface area contributed by atoms with Gasteiger partial charge in [-0.1, -0.05) is 43.7 Å². The van der Waals surface area contributed by atoms with Gasteiger partial charge in [0.05, 0.1) is 22.1 Å². The summed E-state index contributed by atoms with van der Waals surface area (Å²) in [6, 6.07) is 10.9. The van der Waals surface area contributed by atoms with Gasteiger partial charge in [-0.05, 0) is 55.9 Å². The summed E-state index contributed by atoms with van der Waals surface area (Å²) in [6.07, 6.45) is 7.03. The van der Waals surface area contributed by atoms with Crippen molar-refractivity contribution in [2.45, 2.75) is 62.1 Å². The normalized spacial score (nSPS) is 14.5. The summed E-state index contributed by atoms with van der Waals surface area (Å²) < 4.78 is 0. The van der Waals surface area contributed by atoms with Crippen molar-refractivity contribution in [1.82, 2.24) is 4.98 Å². The topological polar surface area (TPSA) is 109 Å². The lowest BCUT2D eigenvalue weighted by atomic mass is 9.96. The number of nitrogens with two attached hydrogens (primary N) is 1. The van der Waals surface area contributed by atoms with Gasteiger partial charge in [0.25, 0.3) is 5.91 Å². The van der Waals surface area contributed by atoms with E-state index in [2.05, 4.69) is 11.4 Å². The molecule has 156 valence electrons. The Morgan fingerprint density at radius 1 is 1.23 bits per heavy atom. The smallest absolute Gasteiger partial charge is 0.250 e. The van der Waals surface area contributed by atoms with Crippen LogP contribution in [-0.4, -0.2) is 22.0 Å². The summed E-state index contributed by atoms with van der Waals surface area (Å²) in [4.78, 5) is 29.3. The number of nitrogens with one attached hydrogen (secondary N) is 1. The van der Waals surface area contributed by atoms with Crippen molar-refractivity contribution in [1.29, 1.82) is 5.26 Å². The molecule has 1 aliphatic rings. The van der Waals surface area contributed by atoms with E-state index in [9.17, 15) is 14.9 Å². The molecule has 0 bridgehead atoms. The number of thioether (sulfide) groups is 1. The Morgan fingerprint density at radius 3 is 2.67 bits per heavy atom. The second-order valence-electron chi connectivity index (χ2n) is 7.39. The molecule has 2 aromatic rings. The molecule has 0 saturated heterocycles. The predicted molar refractivity (Wildman–Crippen MR) is 118 cm³/mol. The molecule has 1 aromatic heterocycles. The summed E-state index contributed by atoms with van der Waals surface area (Å²) in [5.41, 5.74) is 8.78. The lowest BCUT2D eigenvalue weighted by Gasteiger charge is -2.18. The Hall–Kier alpha value is -2.85. The number of aryl methyl sites for hydroxylation is 2. The molecule has 0 aliphatic heterocycles. The standard InChI is InChI=1S/C23H26N4O2S/c1-2-20(22(29)26-19-12-8-7-10-17(19)21(25)28)30-23-16(14-24)13-15-9-5-3-4-6-11-18(15)27-23/h7-8,10,12-13,20H,2-6,9,11H2,1H3,(H2,25,28)(H,26,29). The van der Waals surface area contributed by atoms with E-state index >= 15 is 0 Å². The Morgan fingerprint density at radius 2 is 1.97 bits per heavy atom. The Kier molecular flexibility index (Phi) is 7.47. The first-order valence-electron chi connectivity index (χ1n) is 10.3. The highest BCUT2D eigenvalue weighted by Crippen LogP contribution is 2.31. The fraction of sp³-hybridized carbons (Fsp3) is 0.391. The molecule has 7 heteroatoms. The molecule has 30 heavy (non-hydrogen) atoms. The van der Waals surface area contributed by atoms with Crippen LogP contribution in [0.1, 0.15) is 66.2 Å². The molecule has 1 unspecified atom stereocenters. The van der Waals surface area contributed by atoms with Crippen LogP contribution in [-0.2, 0) is 17.6 Å². The maximum atomic E-state index is 12.9. The van der Waals surface area contributed by atoms with Crippen LogP contribution in [0.5, 0.6) is 0 Å². The third-order valence-electron chi connectivity index (χ3n) is 5.25. The fourth-order valence-corrected chi connectivity index (χ4v) is 4.61. The van der Waals surface area contributed by atoms with Crippen LogP contribution < -0.4 is 11.1 Å². The van der Waals surface area contributed by atoms with Gasteiger partial charge in [-0.3, -0.25) is 9.59 Å². The zero-order valence-corrected chi connectivity index (χ0v) is 17.9. The van der Waals surface area contributed by atoms with E-state index in [1.165, 1.54) is 24.6 Å². The van der Waals surface area contributed by atoms with Crippen molar-refractivity contribution in [2.24, 2.45) is 5.73 Å². The van der Waals surface area contributed by atoms with Crippen molar-refractivity contribution in [3.63, 3.8) is 0 Å². The average molecular weight is 423 g/mol. The van der Waals surface area contributed by atoms with E-state index in [1.54, 1.807) is 24.3 Å². The van der Waals surface area contributed by atoms with Crippen LogP contribution >= 0.6 is 11.8 Å². The second kappa shape index (κ2) is 10.3. The highest BCUT2D eigenvalue weighted by molar-refractivity contribution is 8.00. The van der Waals surface area contributed by atoms with Crippen molar-refractivity contribution in [3.05, 3.63) is 52.7 Å². The second-order valence-corrected chi connectivity index (χ2v) is 8.58. The van der Waals surface area contributed by atoms with Crippen molar-refractivity contribution in [3.8, 4) is 6.07 Å². The molecule has 0 saturated carbocycles. The van der Waals surface area contributed by atoms with Gasteiger partial charge in [-0.25, -0.2) is 4.98 Å². The number of primary amides is 1. The number of carbonyl (C=O) groups excluding carboxylic acids is 2. The molecule has 6 nitrogen and oxygen atoms in total. The number of para-hydroxylation sites is 1. The highest BCUT2D eigenvalue weighted by atomic mass is 32.2. The monoisotopic (exact) mass is 422 g/mol. The number of amides is 2. The van der Waals surface area contributed by atoms with Gasteiger partial charge in [0, 0.05) is 5.69 Å². The first kappa shape index (κ1) is 21.8. The van der Waals surface area contributed by atoms with E-state index in [4.69, 9.17) is 10.7 Å². The fourth-order valence-electron chi connectivity index (χ4n) is 3.62. The lowest BCUT2D eigenvalue weighted by molar-refractivity contribution is -0.115. The third-order valence-corrected chi connectivity index (χ3v) is 6.62. The largest absolute Gasteiger partial charge is 0.366 e. The van der Waals surface area contributed by atoms with E-state index < -0.39 is 11.2 Å². The molecule has 0 fully saturated rings. The number of aromatic nitrogens is 1. The molecule has 3 N–H and O–H groups in total. The zero-order valence-electron chi connectivity index (χ0n) is 17.1. The summed E-state index contributed by atoms with van der Waals surface area (Å²) in [5, 5.41) is 12.6. The molecule has 1 atom stereocenters. The number of nitrogens with zero attached hydrogens (tertiary/aromatic N) is 2. The van der Waals surface area contributed by atoms with Crippen molar-refractivity contribution in [2.75, 3.05) is 5.32 Å². The maximum Gasteiger partial charge on any atom is 0.250 e. The Bertz CT molecular complexity index is 984. The number of pyridine rings is 1. The summed E-state index contributed by atoms with van der Waals surface area (Å²) in [7, 11) is 0. The minimum Gasteiger partial charge on any atom is -0.366 e. The van der Waals surface area contributed by atoms with Gasteiger partial charge in [0.2, 0.25) is 5.91 Å². The molecule has 3 rings (SSSR count). The van der Waals surface area contributed by atoms with E-state index in [1.807, 2.05) is 13.0 Å². The SMILES string of the molecule is CCC(Sc1nc2c(cc1C#N)CCCCCC2)C(=O)Nc1ccccc1C(N)=O. The molecular formula is C23H26N4O2S. The lowest BCUT2D eigenvalue weighted by Crippen LogP contribution is -2.26.